The summed E-state index contributed by atoms with van der Waals surface area (Å²) in [6, 6.07) is 12.7. The van der Waals surface area contributed by atoms with Gasteiger partial charge in [0.05, 0.1) is 11.5 Å². The molecule has 32 heavy (non-hydrogen) atoms. The lowest BCUT2D eigenvalue weighted by molar-refractivity contribution is -0.384. The van der Waals surface area contributed by atoms with Crippen molar-refractivity contribution in [3.8, 4) is 5.75 Å². The summed E-state index contributed by atoms with van der Waals surface area (Å²) < 4.78 is 5.42. The summed E-state index contributed by atoms with van der Waals surface area (Å²) in [7, 11) is 0. The average Bonchev–Trinajstić information content (AvgIpc) is 2.77. The normalized spacial score (nSPS) is 11.6. The number of carbonyl (C=O) groups is 2. The number of ether oxygens (including phenoxy) is 1. The Hall–Kier alpha value is -3.46. The quantitative estimate of drug-likeness (QED) is 0.238. The summed E-state index contributed by atoms with van der Waals surface area (Å²) in [6.45, 7) is 4.43. The van der Waals surface area contributed by atoms with Crippen molar-refractivity contribution in [3.05, 3.63) is 70.3 Å². The monoisotopic (exact) mass is 443 g/mol. The molecule has 0 unspecified atom stereocenters. The third kappa shape index (κ3) is 7.99. The number of aliphatic hydroxyl groups excluding tert-OH is 1. The molecule has 9 nitrogen and oxygen atoms in total. The van der Waals surface area contributed by atoms with Crippen LogP contribution in [0.15, 0.2) is 54.6 Å². The summed E-state index contributed by atoms with van der Waals surface area (Å²) in [5, 5.41) is 22.9. The number of benzene rings is 2. The molecule has 0 radical (unpaired) electrons. The molecule has 0 spiro atoms. The number of hydrogen-bond acceptors (Lipinski definition) is 6. The zero-order chi connectivity index (χ0) is 23.5. The Labute approximate surface area is 187 Å². The molecule has 0 heterocycles. The van der Waals surface area contributed by atoms with Gasteiger partial charge in [-0.3, -0.25) is 10.1 Å². The van der Waals surface area contributed by atoms with Crippen LogP contribution < -0.4 is 10.1 Å². The van der Waals surface area contributed by atoms with Crippen molar-refractivity contribution >= 4 is 17.7 Å². The molecule has 2 rings (SSSR count). The number of rotatable bonds is 11. The highest BCUT2D eigenvalue weighted by Crippen LogP contribution is 2.15. The number of nitro groups is 1. The van der Waals surface area contributed by atoms with Crippen LogP contribution in [-0.4, -0.2) is 52.7 Å². The van der Waals surface area contributed by atoms with Gasteiger partial charge in [-0.1, -0.05) is 44.2 Å². The van der Waals surface area contributed by atoms with Crippen LogP contribution >= 0.6 is 0 Å². The van der Waals surface area contributed by atoms with E-state index in [9.17, 15) is 24.8 Å². The van der Waals surface area contributed by atoms with Gasteiger partial charge in [-0.15, -0.1) is 0 Å². The van der Waals surface area contributed by atoms with Gasteiger partial charge in [-0.2, -0.15) is 0 Å². The number of aliphatic hydroxyl groups is 1. The third-order valence-electron chi connectivity index (χ3n) is 4.76. The van der Waals surface area contributed by atoms with Gasteiger partial charge in [0, 0.05) is 31.6 Å². The number of amides is 2. The molecule has 0 aliphatic rings. The predicted octanol–water partition coefficient (Wildman–Crippen LogP) is 3.16. The molecule has 0 saturated carbocycles. The first-order valence-electron chi connectivity index (χ1n) is 10.5. The molecule has 2 N–H and O–H groups in total. The predicted molar refractivity (Wildman–Crippen MR) is 119 cm³/mol. The SMILES string of the molecule is CC(C)CCN(CCO)C(=O)N[C@@H](Cc1ccc([N+](=O)[O-])cc1)C(=O)Oc1ccccc1. The Kier molecular flexibility index (Phi) is 9.62. The first kappa shape index (κ1) is 24.8. The third-order valence-corrected chi connectivity index (χ3v) is 4.76. The summed E-state index contributed by atoms with van der Waals surface area (Å²) in [6.07, 6.45) is 0.835. The van der Waals surface area contributed by atoms with E-state index in [0.29, 0.717) is 23.8 Å². The average molecular weight is 444 g/mol. The molecule has 9 heteroatoms. The highest BCUT2D eigenvalue weighted by atomic mass is 16.6. The molecule has 1 atom stereocenters. The number of para-hydroxylation sites is 1. The summed E-state index contributed by atoms with van der Waals surface area (Å²) >= 11 is 0. The fraction of sp³-hybridized carbons (Fsp3) is 0.391. The highest BCUT2D eigenvalue weighted by molar-refractivity contribution is 5.85. The van der Waals surface area contributed by atoms with Crippen molar-refractivity contribution < 1.29 is 24.4 Å². The van der Waals surface area contributed by atoms with Crippen molar-refractivity contribution in [1.29, 1.82) is 0 Å². The molecule has 172 valence electrons. The van der Waals surface area contributed by atoms with Crippen molar-refractivity contribution in [2.24, 2.45) is 5.92 Å². The maximum absolute atomic E-state index is 12.9. The number of carbonyl (C=O) groups excluding carboxylic acids is 2. The molecule has 0 aliphatic carbocycles. The van der Waals surface area contributed by atoms with Crippen LogP contribution in [0.1, 0.15) is 25.8 Å². The van der Waals surface area contributed by atoms with Gasteiger partial charge in [0.25, 0.3) is 5.69 Å². The van der Waals surface area contributed by atoms with E-state index in [4.69, 9.17) is 4.74 Å². The number of nitrogens with zero attached hydrogens (tertiary/aromatic N) is 2. The van der Waals surface area contributed by atoms with E-state index in [2.05, 4.69) is 5.32 Å². The summed E-state index contributed by atoms with van der Waals surface area (Å²) in [5.41, 5.74) is 0.561. The minimum Gasteiger partial charge on any atom is -0.425 e. The number of esters is 1. The first-order chi connectivity index (χ1) is 15.3. The van der Waals surface area contributed by atoms with E-state index >= 15 is 0 Å². The zero-order valence-electron chi connectivity index (χ0n) is 18.3. The van der Waals surface area contributed by atoms with Gasteiger partial charge in [0.2, 0.25) is 0 Å². The van der Waals surface area contributed by atoms with Crippen LogP contribution in [0, 0.1) is 16.0 Å². The largest absolute Gasteiger partial charge is 0.425 e. The van der Waals surface area contributed by atoms with Crippen molar-refractivity contribution in [3.63, 3.8) is 0 Å². The molecule has 0 aromatic heterocycles. The minimum absolute atomic E-state index is 0.0657. The lowest BCUT2D eigenvalue weighted by Crippen LogP contribution is -2.51. The van der Waals surface area contributed by atoms with Crippen LogP contribution in [0.2, 0.25) is 0 Å². The molecular formula is C23H29N3O6. The second-order valence-electron chi connectivity index (χ2n) is 7.76. The lowest BCUT2D eigenvalue weighted by atomic mass is 10.1. The van der Waals surface area contributed by atoms with E-state index in [1.54, 1.807) is 30.3 Å². The van der Waals surface area contributed by atoms with E-state index in [1.165, 1.54) is 29.2 Å². The molecule has 0 aliphatic heterocycles. The van der Waals surface area contributed by atoms with Gasteiger partial charge >= 0.3 is 12.0 Å². The standard InChI is InChI=1S/C23H29N3O6/c1-17(2)12-13-25(14-15-27)23(29)24-21(22(28)32-20-6-4-3-5-7-20)16-18-8-10-19(11-9-18)26(30)31/h3-11,17,21,27H,12-16H2,1-2H3,(H,24,29)/t21-/m0/s1. The number of non-ortho nitro benzene ring substituents is 1. The van der Waals surface area contributed by atoms with E-state index in [-0.39, 0.29) is 25.3 Å². The number of nitro benzene ring substituents is 1. The van der Waals surface area contributed by atoms with Crippen LogP contribution in [0.25, 0.3) is 0 Å². The maximum Gasteiger partial charge on any atom is 0.334 e. The molecule has 0 fully saturated rings. The molecule has 0 saturated heterocycles. The number of nitrogens with one attached hydrogen (secondary N) is 1. The fourth-order valence-corrected chi connectivity index (χ4v) is 2.95. The Morgan fingerprint density at radius 1 is 1.09 bits per heavy atom. The topological polar surface area (TPSA) is 122 Å². The van der Waals surface area contributed by atoms with Crippen molar-refractivity contribution in [2.45, 2.75) is 32.7 Å². The zero-order valence-corrected chi connectivity index (χ0v) is 18.3. The molecule has 2 aromatic carbocycles. The number of urea groups is 1. The Morgan fingerprint density at radius 2 is 1.75 bits per heavy atom. The molecule has 2 amide bonds. The van der Waals surface area contributed by atoms with Gasteiger partial charge < -0.3 is 20.1 Å². The van der Waals surface area contributed by atoms with E-state index < -0.39 is 23.0 Å². The van der Waals surface area contributed by atoms with E-state index in [1.807, 2.05) is 13.8 Å². The summed E-state index contributed by atoms with van der Waals surface area (Å²) in [5.74, 6) is 0.0473. The summed E-state index contributed by atoms with van der Waals surface area (Å²) in [4.78, 5) is 37.6. The van der Waals surface area contributed by atoms with Crippen LogP contribution in [0.4, 0.5) is 10.5 Å². The first-order valence-corrected chi connectivity index (χ1v) is 10.5. The number of hydrogen-bond donors (Lipinski definition) is 2. The van der Waals surface area contributed by atoms with Crippen molar-refractivity contribution in [1.82, 2.24) is 10.2 Å². The van der Waals surface area contributed by atoms with Crippen LogP contribution in [0.5, 0.6) is 5.75 Å². The molecule has 0 bridgehead atoms. The van der Waals surface area contributed by atoms with Gasteiger partial charge in [0.15, 0.2) is 0 Å². The minimum atomic E-state index is -1.02. The lowest BCUT2D eigenvalue weighted by Gasteiger charge is -2.26. The Morgan fingerprint density at radius 3 is 2.31 bits per heavy atom. The fourth-order valence-electron chi connectivity index (χ4n) is 2.95. The second-order valence-corrected chi connectivity index (χ2v) is 7.76. The maximum atomic E-state index is 12.9. The van der Waals surface area contributed by atoms with Gasteiger partial charge in [0.1, 0.15) is 11.8 Å². The Bertz CT molecular complexity index is 886. The highest BCUT2D eigenvalue weighted by Gasteiger charge is 2.26. The second kappa shape index (κ2) is 12.4. The molecular weight excluding hydrogens is 414 g/mol. The van der Waals surface area contributed by atoms with Crippen molar-refractivity contribution in [2.75, 3.05) is 19.7 Å². The Balaban J connectivity index is 2.18. The van der Waals surface area contributed by atoms with Crippen LogP contribution in [-0.2, 0) is 11.2 Å². The van der Waals surface area contributed by atoms with E-state index in [0.717, 1.165) is 6.42 Å². The van der Waals surface area contributed by atoms with Crippen LogP contribution in [0.3, 0.4) is 0 Å². The van der Waals surface area contributed by atoms with Gasteiger partial charge in [-0.25, -0.2) is 9.59 Å². The smallest absolute Gasteiger partial charge is 0.334 e. The molecule has 2 aromatic rings. The van der Waals surface area contributed by atoms with Gasteiger partial charge in [-0.05, 0) is 30.0 Å².